The lowest BCUT2D eigenvalue weighted by atomic mass is 9.83. The molecule has 1 aliphatic rings. The molecule has 1 aromatic carbocycles. The number of hydrogen-bond donors (Lipinski definition) is 2. The van der Waals surface area contributed by atoms with Crippen LogP contribution in [0.25, 0.3) is 0 Å². The van der Waals surface area contributed by atoms with Crippen LogP contribution in [0.2, 0.25) is 0 Å². The van der Waals surface area contributed by atoms with E-state index in [9.17, 15) is 0 Å². The van der Waals surface area contributed by atoms with Crippen molar-refractivity contribution < 1.29 is 4.74 Å². The fourth-order valence-corrected chi connectivity index (χ4v) is 4.31. The van der Waals surface area contributed by atoms with Crippen LogP contribution in [0, 0.1) is 5.41 Å². The molecule has 0 unspecified atom stereocenters. The van der Waals surface area contributed by atoms with Crippen molar-refractivity contribution in [3.8, 4) is 0 Å². The Kier molecular flexibility index (Phi) is 11.4. The molecular formula is C24H38IN5O. The van der Waals surface area contributed by atoms with Crippen LogP contribution in [0.1, 0.15) is 50.4 Å². The van der Waals surface area contributed by atoms with E-state index in [1.165, 1.54) is 31.2 Å². The molecule has 1 aromatic heterocycles. The van der Waals surface area contributed by atoms with E-state index in [1.807, 2.05) is 12.4 Å². The van der Waals surface area contributed by atoms with Crippen LogP contribution in [-0.4, -0.2) is 42.3 Å². The lowest BCUT2D eigenvalue weighted by Crippen LogP contribution is -2.43. The second-order valence-electron chi connectivity index (χ2n) is 8.27. The van der Waals surface area contributed by atoms with E-state index in [4.69, 9.17) is 9.73 Å². The number of imidazole rings is 1. The van der Waals surface area contributed by atoms with Crippen LogP contribution >= 0.6 is 24.0 Å². The Labute approximate surface area is 204 Å². The van der Waals surface area contributed by atoms with E-state index in [2.05, 4.69) is 57.4 Å². The lowest BCUT2D eigenvalue weighted by Gasteiger charge is -2.30. The zero-order valence-electron chi connectivity index (χ0n) is 19.0. The summed E-state index contributed by atoms with van der Waals surface area (Å²) in [6.07, 6.45) is 11.2. The molecule has 31 heavy (non-hydrogen) atoms. The summed E-state index contributed by atoms with van der Waals surface area (Å²) in [5.74, 6) is 1.87. The molecule has 0 saturated heterocycles. The van der Waals surface area contributed by atoms with Gasteiger partial charge < -0.3 is 19.9 Å². The summed E-state index contributed by atoms with van der Waals surface area (Å²) >= 11 is 0. The highest BCUT2D eigenvalue weighted by Gasteiger charge is 2.33. The largest absolute Gasteiger partial charge is 0.385 e. The van der Waals surface area contributed by atoms with Gasteiger partial charge in [0.1, 0.15) is 12.4 Å². The first-order valence-electron chi connectivity index (χ1n) is 11.3. The zero-order chi connectivity index (χ0) is 21.1. The molecule has 3 rings (SSSR count). The SMILES string of the molecule is CCNC(=NCc1nccn1CCc1ccccc1)NCC1(CCOC)CCCC1.I. The maximum Gasteiger partial charge on any atom is 0.191 e. The Balaban J connectivity index is 0.00000341. The fraction of sp³-hybridized carbons (Fsp3) is 0.583. The molecule has 0 spiro atoms. The molecule has 6 nitrogen and oxygen atoms in total. The first-order valence-corrected chi connectivity index (χ1v) is 11.3. The van der Waals surface area contributed by atoms with Gasteiger partial charge in [0.15, 0.2) is 5.96 Å². The molecule has 1 saturated carbocycles. The van der Waals surface area contributed by atoms with E-state index < -0.39 is 0 Å². The van der Waals surface area contributed by atoms with Crippen molar-refractivity contribution in [3.05, 3.63) is 54.1 Å². The first kappa shape index (κ1) is 25.6. The smallest absolute Gasteiger partial charge is 0.191 e. The fourth-order valence-electron chi connectivity index (χ4n) is 4.31. The molecular weight excluding hydrogens is 501 g/mol. The average molecular weight is 540 g/mol. The summed E-state index contributed by atoms with van der Waals surface area (Å²) < 4.78 is 7.57. The first-order chi connectivity index (χ1) is 14.7. The summed E-state index contributed by atoms with van der Waals surface area (Å²) in [4.78, 5) is 9.36. The number of hydrogen-bond acceptors (Lipinski definition) is 3. The molecule has 2 aromatic rings. The summed E-state index contributed by atoms with van der Waals surface area (Å²) in [5.41, 5.74) is 1.67. The highest BCUT2D eigenvalue weighted by molar-refractivity contribution is 14.0. The van der Waals surface area contributed by atoms with E-state index in [1.54, 1.807) is 7.11 Å². The van der Waals surface area contributed by atoms with Gasteiger partial charge in [0.2, 0.25) is 0 Å². The van der Waals surface area contributed by atoms with Gasteiger partial charge in [-0.3, -0.25) is 0 Å². The number of aromatic nitrogens is 2. The van der Waals surface area contributed by atoms with Crippen molar-refractivity contribution in [1.29, 1.82) is 0 Å². The van der Waals surface area contributed by atoms with Crippen molar-refractivity contribution >= 4 is 29.9 Å². The van der Waals surface area contributed by atoms with E-state index in [0.717, 1.165) is 50.9 Å². The van der Waals surface area contributed by atoms with Gasteiger partial charge in [-0.15, -0.1) is 24.0 Å². The van der Waals surface area contributed by atoms with Gasteiger partial charge in [-0.1, -0.05) is 43.2 Å². The Hall–Kier alpha value is -1.61. The van der Waals surface area contributed by atoms with Gasteiger partial charge in [0.25, 0.3) is 0 Å². The number of ether oxygens (including phenoxy) is 1. The second kappa shape index (κ2) is 13.7. The van der Waals surface area contributed by atoms with Crippen molar-refractivity contribution in [3.63, 3.8) is 0 Å². The summed E-state index contributed by atoms with van der Waals surface area (Å²) in [7, 11) is 1.79. The standard InChI is InChI=1S/C24H37N5O.HI/c1-3-25-23(28-20-24(14-18-30-2)12-7-8-13-24)27-19-22-26-15-17-29(22)16-11-21-9-5-4-6-10-21;/h4-6,9-10,15,17H,3,7-8,11-14,16,18-20H2,1-2H3,(H2,25,27,28);1H. The van der Waals surface area contributed by atoms with Crippen molar-refractivity contribution in [2.24, 2.45) is 10.4 Å². The van der Waals surface area contributed by atoms with Crippen LogP contribution in [0.3, 0.4) is 0 Å². The molecule has 2 N–H and O–H groups in total. The minimum absolute atomic E-state index is 0. The van der Waals surface area contributed by atoms with Crippen LogP contribution in [-0.2, 0) is 24.2 Å². The number of methoxy groups -OCH3 is 1. The van der Waals surface area contributed by atoms with Gasteiger partial charge in [-0.05, 0) is 43.6 Å². The third kappa shape index (κ3) is 8.11. The third-order valence-electron chi connectivity index (χ3n) is 6.14. The minimum Gasteiger partial charge on any atom is -0.385 e. The van der Waals surface area contributed by atoms with Gasteiger partial charge >= 0.3 is 0 Å². The maximum absolute atomic E-state index is 5.36. The number of halogens is 1. The maximum atomic E-state index is 5.36. The van der Waals surface area contributed by atoms with Crippen LogP contribution < -0.4 is 10.6 Å². The molecule has 1 aliphatic carbocycles. The third-order valence-corrected chi connectivity index (χ3v) is 6.14. The molecule has 7 heteroatoms. The van der Waals surface area contributed by atoms with Crippen molar-refractivity contribution in [2.45, 2.75) is 58.5 Å². The highest BCUT2D eigenvalue weighted by Crippen LogP contribution is 2.40. The molecule has 172 valence electrons. The van der Waals surface area contributed by atoms with Crippen LogP contribution in [0.4, 0.5) is 0 Å². The van der Waals surface area contributed by atoms with Crippen LogP contribution in [0.15, 0.2) is 47.7 Å². The summed E-state index contributed by atoms with van der Waals surface area (Å²) in [6, 6.07) is 10.6. The van der Waals surface area contributed by atoms with Gasteiger partial charge in [-0.2, -0.15) is 0 Å². The zero-order valence-corrected chi connectivity index (χ0v) is 21.3. The monoisotopic (exact) mass is 539 g/mol. The van der Waals surface area contributed by atoms with Gasteiger partial charge in [0, 0.05) is 45.7 Å². The number of aliphatic imine (C=N–C) groups is 1. The molecule has 1 fully saturated rings. The number of aryl methyl sites for hydroxylation is 2. The Morgan fingerprint density at radius 1 is 1.19 bits per heavy atom. The number of rotatable bonds is 11. The molecule has 0 atom stereocenters. The minimum atomic E-state index is 0. The molecule has 0 aliphatic heterocycles. The number of nitrogens with one attached hydrogen (secondary N) is 2. The van der Waals surface area contributed by atoms with E-state index in [0.29, 0.717) is 12.0 Å². The normalized spacial score (nSPS) is 15.5. The van der Waals surface area contributed by atoms with E-state index >= 15 is 0 Å². The van der Waals surface area contributed by atoms with Crippen molar-refractivity contribution in [1.82, 2.24) is 20.2 Å². The predicted octanol–water partition coefficient (Wildman–Crippen LogP) is 4.40. The number of nitrogens with zero attached hydrogens (tertiary/aromatic N) is 3. The Bertz CT molecular complexity index is 771. The summed E-state index contributed by atoms with van der Waals surface area (Å²) in [5, 5.41) is 6.99. The molecule has 0 bridgehead atoms. The Morgan fingerprint density at radius 3 is 2.68 bits per heavy atom. The van der Waals surface area contributed by atoms with Crippen LogP contribution in [0.5, 0.6) is 0 Å². The quantitative estimate of drug-likeness (QED) is 0.253. The molecule has 0 radical (unpaired) electrons. The predicted molar refractivity (Wildman–Crippen MR) is 138 cm³/mol. The lowest BCUT2D eigenvalue weighted by molar-refractivity contribution is 0.138. The van der Waals surface area contributed by atoms with E-state index in [-0.39, 0.29) is 24.0 Å². The summed E-state index contributed by atoms with van der Waals surface area (Å²) in [6.45, 7) is 6.22. The van der Waals surface area contributed by atoms with Gasteiger partial charge in [-0.25, -0.2) is 9.98 Å². The number of guanidine groups is 1. The van der Waals surface area contributed by atoms with Crippen molar-refractivity contribution in [2.75, 3.05) is 26.8 Å². The highest BCUT2D eigenvalue weighted by atomic mass is 127. The van der Waals surface area contributed by atoms with Gasteiger partial charge in [0.05, 0.1) is 0 Å². The molecule has 0 amide bonds. The average Bonchev–Trinajstić information content (AvgIpc) is 3.43. The topological polar surface area (TPSA) is 63.5 Å². The number of benzene rings is 1. The molecule has 1 heterocycles. The second-order valence-corrected chi connectivity index (χ2v) is 8.27. The Morgan fingerprint density at radius 2 is 1.97 bits per heavy atom.